The van der Waals surface area contributed by atoms with E-state index in [0.29, 0.717) is 5.92 Å². The first kappa shape index (κ1) is 15.2. The highest BCUT2D eigenvalue weighted by molar-refractivity contribution is 9.10. The first-order chi connectivity index (χ1) is 9.69. The maximum absolute atomic E-state index is 13.0. The summed E-state index contributed by atoms with van der Waals surface area (Å²) in [7, 11) is 0. The van der Waals surface area contributed by atoms with Crippen LogP contribution in [0.5, 0.6) is 0 Å². The number of rotatable bonds is 6. The Balaban J connectivity index is 2.16. The third-order valence-electron chi connectivity index (χ3n) is 3.36. The molecule has 1 nitrogen and oxygen atoms in total. The van der Waals surface area contributed by atoms with Crippen LogP contribution in [0.3, 0.4) is 0 Å². The molecule has 1 atom stereocenters. The molecular weight excluding hydrogens is 317 g/mol. The predicted molar refractivity (Wildman–Crippen MR) is 85.5 cm³/mol. The van der Waals surface area contributed by atoms with Gasteiger partial charge in [0.2, 0.25) is 0 Å². The van der Waals surface area contributed by atoms with Crippen molar-refractivity contribution in [1.29, 1.82) is 0 Å². The number of hydrogen-bond acceptors (Lipinski definition) is 1. The van der Waals surface area contributed by atoms with E-state index in [-0.39, 0.29) is 5.82 Å². The lowest BCUT2D eigenvalue weighted by atomic mass is 9.92. The molecule has 0 aliphatic heterocycles. The Morgan fingerprint density at radius 3 is 2.55 bits per heavy atom. The van der Waals surface area contributed by atoms with Gasteiger partial charge in [0, 0.05) is 16.9 Å². The van der Waals surface area contributed by atoms with Gasteiger partial charge in [0.05, 0.1) is 0 Å². The zero-order valence-corrected chi connectivity index (χ0v) is 13.2. The second-order valence-electron chi connectivity index (χ2n) is 4.89. The molecule has 0 aliphatic rings. The van der Waals surface area contributed by atoms with Gasteiger partial charge in [-0.2, -0.15) is 0 Å². The summed E-state index contributed by atoms with van der Waals surface area (Å²) < 4.78 is 14.1. The molecule has 0 saturated carbocycles. The van der Waals surface area contributed by atoms with Gasteiger partial charge in [-0.15, -0.1) is 0 Å². The van der Waals surface area contributed by atoms with Gasteiger partial charge < -0.3 is 5.32 Å². The highest BCUT2D eigenvalue weighted by Crippen LogP contribution is 2.23. The van der Waals surface area contributed by atoms with Gasteiger partial charge in [0.25, 0.3) is 0 Å². The number of nitrogens with one attached hydrogen (secondary N) is 1. The third-order valence-corrected chi connectivity index (χ3v) is 3.85. The Kier molecular flexibility index (Phi) is 5.74. The predicted octanol–water partition coefficient (Wildman–Crippen LogP) is 4.52. The largest absolute Gasteiger partial charge is 0.316 e. The van der Waals surface area contributed by atoms with Gasteiger partial charge in [-0.05, 0) is 48.4 Å². The van der Waals surface area contributed by atoms with E-state index in [1.165, 1.54) is 17.7 Å². The van der Waals surface area contributed by atoms with Crippen LogP contribution in [-0.4, -0.2) is 13.1 Å². The van der Waals surface area contributed by atoms with Crippen molar-refractivity contribution in [3.8, 4) is 0 Å². The van der Waals surface area contributed by atoms with Gasteiger partial charge >= 0.3 is 0 Å². The zero-order valence-electron chi connectivity index (χ0n) is 11.6. The number of benzene rings is 2. The number of hydrogen-bond donors (Lipinski definition) is 1. The summed E-state index contributed by atoms with van der Waals surface area (Å²) in [4.78, 5) is 0. The normalized spacial score (nSPS) is 12.3. The van der Waals surface area contributed by atoms with Crippen molar-refractivity contribution in [3.05, 3.63) is 69.9 Å². The van der Waals surface area contributed by atoms with E-state index in [2.05, 4.69) is 46.4 Å². The maximum atomic E-state index is 13.0. The lowest BCUT2D eigenvalue weighted by Gasteiger charge is -2.18. The highest BCUT2D eigenvalue weighted by Gasteiger charge is 2.12. The first-order valence-electron chi connectivity index (χ1n) is 6.89. The monoisotopic (exact) mass is 335 g/mol. The summed E-state index contributed by atoms with van der Waals surface area (Å²) >= 11 is 3.52. The van der Waals surface area contributed by atoms with Crippen molar-refractivity contribution in [2.45, 2.75) is 19.3 Å². The summed E-state index contributed by atoms with van der Waals surface area (Å²) in [5.41, 5.74) is 2.46. The molecule has 0 aliphatic carbocycles. The molecule has 0 bridgehead atoms. The molecule has 2 rings (SSSR count). The van der Waals surface area contributed by atoms with E-state index < -0.39 is 0 Å². The molecule has 0 saturated heterocycles. The van der Waals surface area contributed by atoms with Crippen molar-refractivity contribution in [2.24, 2.45) is 0 Å². The lowest BCUT2D eigenvalue weighted by Crippen LogP contribution is -2.22. The molecule has 0 aromatic heterocycles. The van der Waals surface area contributed by atoms with Crippen LogP contribution in [0.25, 0.3) is 0 Å². The van der Waals surface area contributed by atoms with Crippen molar-refractivity contribution in [1.82, 2.24) is 5.32 Å². The van der Waals surface area contributed by atoms with Gasteiger partial charge in [-0.25, -0.2) is 4.39 Å². The fraction of sp³-hybridized carbons (Fsp3) is 0.294. The van der Waals surface area contributed by atoms with E-state index in [1.807, 2.05) is 18.2 Å². The summed E-state index contributed by atoms with van der Waals surface area (Å²) in [6.45, 7) is 3.98. The van der Waals surface area contributed by atoms with E-state index in [9.17, 15) is 4.39 Å². The van der Waals surface area contributed by atoms with E-state index in [1.54, 1.807) is 0 Å². The van der Waals surface area contributed by atoms with E-state index in [0.717, 1.165) is 29.5 Å². The second-order valence-corrected chi connectivity index (χ2v) is 5.81. The average Bonchev–Trinajstić information content (AvgIpc) is 2.45. The number of halogens is 2. The molecule has 0 fully saturated rings. The summed E-state index contributed by atoms with van der Waals surface area (Å²) in [5.74, 6) is 0.206. The minimum absolute atomic E-state index is 0.181. The highest BCUT2D eigenvalue weighted by atomic mass is 79.9. The van der Waals surface area contributed by atoms with Crippen molar-refractivity contribution >= 4 is 15.9 Å². The molecule has 20 heavy (non-hydrogen) atoms. The quantitative estimate of drug-likeness (QED) is 0.818. The van der Waals surface area contributed by atoms with Gasteiger partial charge in [-0.1, -0.05) is 47.1 Å². The fourth-order valence-electron chi connectivity index (χ4n) is 2.29. The molecule has 0 amide bonds. The third kappa shape index (κ3) is 4.43. The molecule has 0 radical (unpaired) electrons. The van der Waals surface area contributed by atoms with Crippen LogP contribution >= 0.6 is 15.9 Å². The lowest BCUT2D eigenvalue weighted by molar-refractivity contribution is 0.592. The van der Waals surface area contributed by atoms with Crippen LogP contribution in [0.1, 0.15) is 24.0 Å². The van der Waals surface area contributed by atoms with Crippen LogP contribution in [0, 0.1) is 5.82 Å². The maximum Gasteiger partial charge on any atom is 0.123 e. The van der Waals surface area contributed by atoms with E-state index in [4.69, 9.17) is 0 Å². The van der Waals surface area contributed by atoms with Gasteiger partial charge in [0.1, 0.15) is 5.82 Å². The molecule has 0 heterocycles. The zero-order chi connectivity index (χ0) is 14.4. The molecule has 0 spiro atoms. The standard InChI is InChI=1S/C17H19BrFN/c1-2-20-12-15(14-4-3-5-16(18)11-14)10-13-6-8-17(19)9-7-13/h3-9,11,15,20H,2,10,12H2,1H3. The van der Waals surface area contributed by atoms with Crippen LogP contribution < -0.4 is 5.32 Å². The second kappa shape index (κ2) is 7.55. The molecular formula is C17H19BrFN. The molecule has 1 unspecified atom stereocenters. The summed E-state index contributed by atoms with van der Waals surface area (Å²) in [5, 5.41) is 3.41. The Hall–Kier alpha value is -1.19. The topological polar surface area (TPSA) is 12.0 Å². The summed E-state index contributed by atoms with van der Waals surface area (Å²) in [6.07, 6.45) is 0.906. The van der Waals surface area contributed by atoms with Crippen molar-refractivity contribution in [2.75, 3.05) is 13.1 Å². The van der Waals surface area contributed by atoms with Crippen LogP contribution in [0.2, 0.25) is 0 Å². The first-order valence-corrected chi connectivity index (χ1v) is 7.69. The SMILES string of the molecule is CCNCC(Cc1ccc(F)cc1)c1cccc(Br)c1. The van der Waals surface area contributed by atoms with Crippen LogP contribution in [-0.2, 0) is 6.42 Å². The Morgan fingerprint density at radius 1 is 1.15 bits per heavy atom. The van der Waals surface area contributed by atoms with Crippen LogP contribution in [0.15, 0.2) is 53.0 Å². The Morgan fingerprint density at radius 2 is 1.90 bits per heavy atom. The fourth-order valence-corrected chi connectivity index (χ4v) is 2.71. The number of likely N-dealkylation sites (N-methyl/N-ethyl adjacent to an activating group) is 1. The summed E-state index contributed by atoms with van der Waals surface area (Å²) in [6, 6.07) is 15.2. The van der Waals surface area contributed by atoms with Crippen molar-refractivity contribution < 1.29 is 4.39 Å². The minimum Gasteiger partial charge on any atom is -0.316 e. The Bertz CT molecular complexity index is 539. The molecule has 3 heteroatoms. The molecule has 106 valence electrons. The minimum atomic E-state index is -0.181. The van der Waals surface area contributed by atoms with Crippen molar-refractivity contribution in [3.63, 3.8) is 0 Å². The molecule has 2 aromatic carbocycles. The van der Waals surface area contributed by atoms with Gasteiger partial charge in [-0.3, -0.25) is 0 Å². The molecule has 1 N–H and O–H groups in total. The average molecular weight is 336 g/mol. The molecule has 2 aromatic rings. The smallest absolute Gasteiger partial charge is 0.123 e. The van der Waals surface area contributed by atoms with E-state index >= 15 is 0 Å². The van der Waals surface area contributed by atoms with Crippen LogP contribution in [0.4, 0.5) is 4.39 Å². The van der Waals surface area contributed by atoms with Gasteiger partial charge in [0.15, 0.2) is 0 Å². The Labute approximate surface area is 128 Å².